The lowest BCUT2D eigenvalue weighted by molar-refractivity contribution is -0.137. The molecular weight excluding hydrogens is 409 g/mol. The molecule has 1 N–H and O–H groups in total. The summed E-state index contributed by atoms with van der Waals surface area (Å²) in [6.07, 6.45) is -0.632. The van der Waals surface area contributed by atoms with E-state index in [9.17, 15) is 26.7 Å². The molecule has 2 aromatic heterocycles. The highest BCUT2D eigenvalue weighted by Gasteiger charge is 2.30. The Hall–Kier alpha value is -3.43. The molecule has 3 aromatic rings. The molecule has 5 nitrogen and oxygen atoms in total. The number of anilines is 1. The second-order valence-electron chi connectivity index (χ2n) is 6.50. The summed E-state index contributed by atoms with van der Waals surface area (Å²) < 4.78 is 71.0. The number of halogens is 5. The Morgan fingerprint density at radius 2 is 1.93 bits per heavy atom. The zero-order valence-corrected chi connectivity index (χ0v) is 15.6. The van der Waals surface area contributed by atoms with Crippen molar-refractivity contribution in [3.8, 4) is 0 Å². The first-order valence-corrected chi connectivity index (χ1v) is 8.67. The molecule has 1 aromatic carbocycles. The third-order valence-corrected chi connectivity index (χ3v) is 3.95. The van der Waals surface area contributed by atoms with E-state index in [1.54, 1.807) is 0 Å². The molecule has 0 unspecified atom stereocenters. The van der Waals surface area contributed by atoms with Crippen molar-refractivity contribution in [2.45, 2.75) is 25.6 Å². The highest BCUT2D eigenvalue weighted by Crippen LogP contribution is 2.30. The third-order valence-electron chi connectivity index (χ3n) is 3.95. The number of carbonyl (C=O) groups is 1. The lowest BCUT2D eigenvalue weighted by Gasteiger charge is -2.06. The highest BCUT2D eigenvalue weighted by molar-refractivity contribution is 6.01. The summed E-state index contributed by atoms with van der Waals surface area (Å²) in [6, 6.07) is 8.62. The van der Waals surface area contributed by atoms with Gasteiger partial charge < -0.3 is 9.73 Å². The van der Waals surface area contributed by atoms with E-state index in [0.717, 1.165) is 25.1 Å². The molecule has 1 amide bonds. The minimum Gasteiger partial charge on any atom is -0.458 e. The van der Waals surface area contributed by atoms with Gasteiger partial charge in [-0.1, -0.05) is 12.1 Å². The van der Waals surface area contributed by atoms with Crippen LogP contribution in [0, 0.1) is 0 Å². The summed E-state index contributed by atoms with van der Waals surface area (Å²) in [4.78, 5) is 12.0. The Morgan fingerprint density at radius 1 is 1.17 bits per heavy atom. The summed E-state index contributed by atoms with van der Waals surface area (Å²) in [5.74, 6) is -3.70. The lowest BCUT2D eigenvalue weighted by atomic mass is 10.1. The number of hydrogen-bond acceptors (Lipinski definition) is 3. The molecule has 0 saturated carbocycles. The van der Waals surface area contributed by atoms with Gasteiger partial charge in [-0.2, -0.15) is 27.1 Å². The fourth-order valence-corrected chi connectivity index (χ4v) is 2.53. The number of nitrogens with zero attached hydrogens (tertiary/aromatic N) is 2. The maximum atomic E-state index is 13.2. The third kappa shape index (κ3) is 5.56. The first-order valence-electron chi connectivity index (χ1n) is 8.67. The van der Waals surface area contributed by atoms with Crippen LogP contribution in [0.25, 0.3) is 6.08 Å². The van der Waals surface area contributed by atoms with Gasteiger partial charge in [0.15, 0.2) is 11.6 Å². The van der Waals surface area contributed by atoms with Crippen LogP contribution in [-0.2, 0) is 23.4 Å². The Morgan fingerprint density at radius 3 is 2.60 bits per heavy atom. The normalized spacial score (nSPS) is 12.5. The smallest absolute Gasteiger partial charge is 0.416 e. The van der Waals surface area contributed by atoms with Crippen LogP contribution < -0.4 is 5.32 Å². The lowest BCUT2D eigenvalue weighted by Crippen LogP contribution is -2.09. The van der Waals surface area contributed by atoms with Crippen molar-refractivity contribution in [3.05, 3.63) is 77.4 Å². The van der Waals surface area contributed by atoms with Crippen LogP contribution in [0.1, 0.15) is 29.6 Å². The van der Waals surface area contributed by atoms with Crippen LogP contribution in [0.2, 0.25) is 0 Å². The molecule has 0 saturated heterocycles. The van der Waals surface area contributed by atoms with Gasteiger partial charge in [0, 0.05) is 25.3 Å². The first kappa shape index (κ1) is 21.3. The molecule has 3 rings (SSSR count). The SMILES string of the molecule is CC(F)(F)c1ccc(Cn2ccc(NC(=O)/C=C/c3cccc(C(F)(F)F)c3)n2)o1. The molecule has 0 bridgehead atoms. The van der Waals surface area contributed by atoms with Crippen molar-refractivity contribution in [2.24, 2.45) is 0 Å². The van der Waals surface area contributed by atoms with Crippen molar-refractivity contribution in [1.82, 2.24) is 9.78 Å². The average molecular weight is 425 g/mol. The van der Waals surface area contributed by atoms with Gasteiger partial charge >= 0.3 is 12.1 Å². The molecular formula is C20H16F5N3O2. The fraction of sp³-hybridized carbons (Fsp3) is 0.200. The molecule has 0 spiro atoms. The van der Waals surface area contributed by atoms with E-state index in [1.807, 2.05) is 0 Å². The molecule has 2 heterocycles. The molecule has 0 atom stereocenters. The van der Waals surface area contributed by atoms with E-state index in [1.165, 1.54) is 47.3 Å². The zero-order chi connectivity index (χ0) is 21.9. The predicted molar refractivity (Wildman–Crippen MR) is 98.7 cm³/mol. The monoisotopic (exact) mass is 425 g/mol. The maximum absolute atomic E-state index is 13.2. The fourth-order valence-electron chi connectivity index (χ4n) is 2.53. The van der Waals surface area contributed by atoms with E-state index in [-0.39, 0.29) is 23.7 Å². The average Bonchev–Trinajstić information content (AvgIpc) is 3.29. The topological polar surface area (TPSA) is 60.1 Å². The summed E-state index contributed by atoms with van der Waals surface area (Å²) >= 11 is 0. The highest BCUT2D eigenvalue weighted by atomic mass is 19.4. The summed E-state index contributed by atoms with van der Waals surface area (Å²) in [7, 11) is 0. The number of nitrogens with one attached hydrogen (secondary N) is 1. The van der Waals surface area contributed by atoms with Gasteiger partial charge in [-0.3, -0.25) is 9.48 Å². The van der Waals surface area contributed by atoms with Crippen molar-refractivity contribution in [2.75, 3.05) is 5.32 Å². The van der Waals surface area contributed by atoms with Crippen LogP contribution in [-0.4, -0.2) is 15.7 Å². The van der Waals surface area contributed by atoms with E-state index >= 15 is 0 Å². The molecule has 0 aliphatic carbocycles. The molecule has 158 valence electrons. The van der Waals surface area contributed by atoms with Gasteiger partial charge in [-0.15, -0.1) is 0 Å². The number of alkyl halides is 5. The second kappa shape index (κ2) is 8.13. The number of hydrogen-bond donors (Lipinski definition) is 1. The Bertz CT molecular complexity index is 1060. The number of benzene rings is 1. The van der Waals surface area contributed by atoms with E-state index in [4.69, 9.17) is 4.42 Å². The van der Waals surface area contributed by atoms with Gasteiger partial charge in [0.05, 0.1) is 12.1 Å². The maximum Gasteiger partial charge on any atom is 0.416 e. The number of aromatic nitrogens is 2. The van der Waals surface area contributed by atoms with Crippen LogP contribution >= 0.6 is 0 Å². The van der Waals surface area contributed by atoms with E-state index < -0.39 is 29.3 Å². The van der Waals surface area contributed by atoms with E-state index in [2.05, 4.69) is 10.4 Å². The second-order valence-corrected chi connectivity index (χ2v) is 6.50. The first-order chi connectivity index (χ1) is 14.0. The minimum atomic E-state index is -4.47. The molecule has 0 aliphatic rings. The van der Waals surface area contributed by atoms with E-state index in [0.29, 0.717) is 0 Å². The van der Waals surface area contributed by atoms with Crippen molar-refractivity contribution >= 4 is 17.8 Å². The van der Waals surface area contributed by atoms with Gasteiger partial charge in [0.25, 0.3) is 0 Å². The minimum absolute atomic E-state index is 0.0754. The number of rotatable bonds is 6. The van der Waals surface area contributed by atoms with Crippen LogP contribution in [0.4, 0.5) is 27.8 Å². The van der Waals surface area contributed by atoms with Crippen LogP contribution in [0.3, 0.4) is 0 Å². The van der Waals surface area contributed by atoms with Gasteiger partial charge in [-0.05, 0) is 35.9 Å². The van der Waals surface area contributed by atoms with Crippen molar-refractivity contribution < 1.29 is 31.2 Å². The quantitative estimate of drug-likeness (QED) is 0.430. The Kier molecular flexibility index (Phi) is 5.77. The van der Waals surface area contributed by atoms with Crippen LogP contribution in [0.5, 0.6) is 0 Å². The molecule has 30 heavy (non-hydrogen) atoms. The molecule has 10 heteroatoms. The molecule has 0 aliphatic heterocycles. The zero-order valence-electron chi connectivity index (χ0n) is 15.6. The number of amides is 1. The molecule has 0 radical (unpaired) electrons. The summed E-state index contributed by atoms with van der Waals surface area (Å²) in [5.41, 5.74) is -0.599. The van der Waals surface area contributed by atoms with Gasteiger partial charge in [0.1, 0.15) is 5.76 Å². The van der Waals surface area contributed by atoms with Crippen molar-refractivity contribution in [3.63, 3.8) is 0 Å². The Balaban J connectivity index is 1.60. The molecule has 0 fully saturated rings. The number of carbonyl (C=O) groups excluding carboxylic acids is 1. The van der Waals surface area contributed by atoms with Crippen molar-refractivity contribution in [1.29, 1.82) is 0 Å². The Labute approximate surface area is 167 Å². The van der Waals surface area contributed by atoms with Gasteiger partial charge in [-0.25, -0.2) is 0 Å². The van der Waals surface area contributed by atoms with Crippen LogP contribution in [0.15, 0.2) is 59.2 Å². The summed E-state index contributed by atoms with van der Waals surface area (Å²) in [6.45, 7) is 0.802. The number of furan rings is 1. The summed E-state index contributed by atoms with van der Waals surface area (Å²) in [5, 5.41) is 6.54. The largest absolute Gasteiger partial charge is 0.458 e. The van der Waals surface area contributed by atoms with Gasteiger partial charge in [0.2, 0.25) is 5.91 Å². The predicted octanol–water partition coefficient (Wildman–Crippen LogP) is 5.31. The standard InChI is InChI=1S/C20H16F5N3O2/c1-19(21,22)16-7-6-15(30-16)12-28-10-9-17(27-28)26-18(29)8-5-13-3-2-4-14(11-13)20(23,24)25/h2-11H,12H2,1H3,(H,26,27,29)/b8-5+.